The van der Waals surface area contributed by atoms with Crippen molar-refractivity contribution < 1.29 is 14.3 Å². The predicted molar refractivity (Wildman–Crippen MR) is 148 cm³/mol. The van der Waals surface area contributed by atoms with Crippen molar-refractivity contribution in [3.63, 3.8) is 0 Å². The van der Waals surface area contributed by atoms with E-state index in [0.29, 0.717) is 11.8 Å². The Hall–Kier alpha value is -3.32. The van der Waals surface area contributed by atoms with Gasteiger partial charge in [-0.25, -0.2) is 0 Å². The molecule has 6 heteroatoms. The number of nitrogens with zero attached hydrogens (tertiary/aromatic N) is 2. The van der Waals surface area contributed by atoms with Crippen LogP contribution in [0, 0.1) is 0 Å². The first-order valence-corrected chi connectivity index (χ1v) is 13.2. The lowest BCUT2D eigenvalue weighted by atomic mass is 9.96. The van der Waals surface area contributed by atoms with E-state index in [0.717, 1.165) is 62.6 Å². The molecule has 2 aliphatic rings. The summed E-state index contributed by atoms with van der Waals surface area (Å²) >= 11 is 0. The molecule has 37 heavy (non-hydrogen) atoms. The number of methoxy groups -OCH3 is 2. The molecule has 3 aromatic carbocycles. The Morgan fingerprint density at radius 1 is 0.838 bits per heavy atom. The zero-order valence-electron chi connectivity index (χ0n) is 21.8. The van der Waals surface area contributed by atoms with Crippen molar-refractivity contribution in [1.29, 1.82) is 0 Å². The van der Waals surface area contributed by atoms with Gasteiger partial charge in [0.25, 0.3) is 0 Å². The normalized spacial score (nSPS) is 18.5. The minimum absolute atomic E-state index is 0.0740. The maximum Gasteiger partial charge on any atom is 0.161 e. The number of nitrogens with one attached hydrogen (secondary N) is 1. The lowest BCUT2D eigenvalue weighted by Crippen LogP contribution is -2.48. The average molecular weight is 500 g/mol. The standard InChI is InChI=1S/C31H37N3O3/c1-35-29-16-15-26(22-30(29)36-2)28-23-27(37-32-28)14-9-17-33-18-20-34(21-19-33)31(24-10-5-3-6-11-24)25-12-7-4-8-13-25/h3-8,10-13,15-16,22-23,27,31-32H,9,14,17-21H2,1-2H3. The highest BCUT2D eigenvalue weighted by atomic mass is 16.7. The lowest BCUT2D eigenvalue weighted by Gasteiger charge is -2.40. The Morgan fingerprint density at radius 3 is 2.11 bits per heavy atom. The summed E-state index contributed by atoms with van der Waals surface area (Å²) in [6.45, 7) is 5.41. The molecule has 0 aliphatic carbocycles. The monoisotopic (exact) mass is 499 g/mol. The van der Waals surface area contributed by atoms with Crippen molar-refractivity contribution in [3.05, 3.63) is 102 Å². The van der Waals surface area contributed by atoms with Crippen molar-refractivity contribution in [2.24, 2.45) is 0 Å². The van der Waals surface area contributed by atoms with E-state index in [1.807, 2.05) is 18.2 Å². The van der Waals surface area contributed by atoms with Crippen molar-refractivity contribution >= 4 is 5.70 Å². The molecular formula is C31H37N3O3. The second kappa shape index (κ2) is 12.3. The molecule has 1 N–H and O–H groups in total. The van der Waals surface area contributed by atoms with Gasteiger partial charge >= 0.3 is 0 Å². The molecule has 0 saturated carbocycles. The highest BCUT2D eigenvalue weighted by molar-refractivity contribution is 5.67. The maximum absolute atomic E-state index is 5.84. The molecule has 0 bridgehead atoms. The first-order chi connectivity index (χ1) is 18.2. The molecule has 1 atom stereocenters. The molecule has 0 aromatic heterocycles. The van der Waals surface area contributed by atoms with Gasteiger partial charge < -0.3 is 14.4 Å². The minimum atomic E-state index is 0.0740. The van der Waals surface area contributed by atoms with Gasteiger partial charge in [-0.15, -0.1) is 0 Å². The van der Waals surface area contributed by atoms with Gasteiger partial charge in [0.15, 0.2) is 11.5 Å². The number of hydroxylamine groups is 1. The third kappa shape index (κ3) is 6.16. The van der Waals surface area contributed by atoms with Crippen molar-refractivity contribution in [2.75, 3.05) is 46.9 Å². The zero-order valence-corrected chi connectivity index (χ0v) is 21.8. The lowest BCUT2D eigenvalue weighted by molar-refractivity contribution is 0.0418. The number of ether oxygens (including phenoxy) is 2. The van der Waals surface area contributed by atoms with E-state index < -0.39 is 0 Å². The second-order valence-electron chi connectivity index (χ2n) is 9.65. The minimum Gasteiger partial charge on any atom is -0.493 e. The van der Waals surface area contributed by atoms with E-state index in [1.165, 1.54) is 11.1 Å². The third-order valence-corrected chi connectivity index (χ3v) is 7.33. The van der Waals surface area contributed by atoms with Crippen LogP contribution in [0.1, 0.15) is 35.6 Å². The van der Waals surface area contributed by atoms with Crippen molar-refractivity contribution in [1.82, 2.24) is 15.3 Å². The largest absolute Gasteiger partial charge is 0.493 e. The van der Waals surface area contributed by atoms with Crippen LogP contribution in [0.25, 0.3) is 5.70 Å². The molecule has 2 aliphatic heterocycles. The second-order valence-corrected chi connectivity index (χ2v) is 9.65. The molecule has 6 nitrogen and oxygen atoms in total. The molecule has 0 radical (unpaired) electrons. The topological polar surface area (TPSA) is 46.2 Å². The van der Waals surface area contributed by atoms with Crippen LogP contribution in [0.15, 0.2) is 84.9 Å². The highest BCUT2D eigenvalue weighted by Crippen LogP contribution is 2.32. The van der Waals surface area contributed by atoms with E-state index in [9.17, 15) is 0 Å². The van der Waals surface area contributed by atoms with Gasteiger partial charge in [-0.3, -0.25) is 15.2 Å². The van der Waals surface area contributed by atoms with E-state index in [1.54, 1.807) is 14.2 Å². The smallest absolute Gasteiger partial charge is 0.161 e. The van der Waals surface area contributed by atoms with Gasteiger partial charge in [0.1, 0.15) is 6.10 Å². The summed E-state index contributed by atoms with van der Waals surface area (Å²) in [4.78, 5) is 11.1. The molecule has 1 unspecified atom stereocenters. The SMILES string of the molecule is COc1ccc(C2=CC(CCCN3CCN(C(c4ccccc4)c4ccccc4)CC3)ON2)cc1OC. The molecule has 1 fully saturated rings. The maximum atomic E-state index is 5.84. The fourth-order valence-corrected chi connectivity index (χ4v) is 5.34. The van der Waals surface area contributed by atoms with Crippen LogP contribution in [0.3, 0.4) is 0 Å². The Morgan fingerprint density at radius 2 is 1.49 bits per heavy atom. The van der Waals surface area contributed by atoms with Gasteiger partial charge in [-0.05, 0) is 54.8 Å². The van der Waals surface area contributed by atoms with Crippen LogP contribution in [0.2, 0.25) is 0 Å². The van der Waals surface area contributed by atoms with Crippen LogP contribution in [0.5, 0.6) is 11.5 Å². The molecular weight excluding hydrogens is 462 g/mol. The van der Waals surface area contributed by atoms with Gasteiger partial charge in [0.05, 0.1) is 26.0 Å². The summed E-state index contributed by atoms with van der Waals surface area (Å²) in [5.74, 6) is 1.44. The molecule has 5 rings (SSSR count). The number of hydrogen-bond donors (Lipinski definition) is 1. The Bertz CT molecular complexity index is 1120. The van der Waals surface area contributed by atoms with E-state index >= 15 is 0 Å². The first kappa shape index (κ1) is 25.3. The van der Waals surface area contributed by atoms with Crippen LogP contribution in [-0.2, 0) is 4.84 Å². The molecule has 194 valence electrons. The van der Waals surface area contributed by atoms with Crippen molar-refractivity contribution in [2.45, 2.75) is 25.0 Å². The third-order valence-electron chi connectivity index (χ3n) is 7.33. The van der Waals surface area contributed by atoms with E-state index in [4.69, 9.17) is 14.3 Å². The van der Waals surface area contributed by atoms with Crippen LogP contribution >= 0.6 is 0 Å². The van der Waals surface area contributed by atoms with Crippen LogP contribution in [-0.4, -0.2) is 62.8 Å². The van der Waals surface area contributed by atoms with Gasteiger partial charge in [0, 0.05) is 31.7 Å². The number of hydrogen-bond acceptors (Lipinski definition) is 6. The number of rotatable bonds is 10. The number of piperazine rings is 1. The molecule has 2 heterocycles. The first-order valence-electron chi connectivity index (χ1n) is 13.2. The van der Waals surface area contributed by atoms with Gasteiger partial charge in [-0.2, -0.15) is 0 Å². The quantitative estimate of drug-likeness (QED) is 0.417. The molecule has 0 spiro atoms. The molecule has 0 amide bonds. The van der Waals surface area contributed by atoms with Gasteiger partial charge in [0.2, 0.25) is 0 Å². The average Bonchev–Trinajstić information content (AvgIpc) is 3.44. The fourth-order valence-electron chi connectivity index (χ4n) is 5.34. The Balaban J connectivity index is 1.12. The Labute approximate surface area is 220 Å². The summed E-state index contributed by atoms with van der Waals surface area (Å²) in [5.41, 5.74) is 7.84. The summed E-state index contributed by atoms with van der Waals surface area (Å²) in [6.07, 6.45) is 4.33. The summed E-state index contributed by atoms with van der Waals surface area (Å²) < 4.78 is 10.8. The summed E-state index contributed by atoms with van der Waals surface area (Å²) in [6, 6.07) is 28.0. The molecule has 3 aromatic rings. The van der Waals surface area contributed by atoms with Gasteiger partial charge in [-0.1, -0.05) is 60.7 Å². The summed E-state index contributed by atoms with van der Waals surface area (Å²) in [5, 5.41) is 0. The Kier molecular flexibility index (Phi) is 8.41. The fraction of sp³-hybridized carbons (Fsp3) is 0.355. The predicted octanol–water partition coefficient (Wildman–Crippen LogP) is 5.14. The zero-order chi connectivity index (χ0) is 25.5. The highest BCUT2D eigenvalue weighted by Gasteiger charge is 2.26. The van der Waals surface area contributed by atoms with E-state index in [2.05, 4.69) is 82.0 Å². The van der Waals surface area contributed by atoms with Crippen LogP contribution in [0.4, 0.5) is 0 Å². The van der Waals surface area contributed by atoms with E-state index in [-0.39, 0.29) is 6.10 Å². The number of benzene rings is 3. The summed E-state index contributed by atoms with van der Waals surface area (Å²) in [7, 11) is 3.30. The molecule has 1 saturated heterocycles. The van der Waals surface area contributed by atoms with Crippen LogP contribution < -0.4 is 15.0 Å². The van der Waals surface area contributed by atoms with Crippen molar-refractivity contribution in [3.8, 4) is 11.5 Å².